The second-order valence-electron chi connectivity index (χ2n) is 4.88. The number of imidazole rings is 1. The zero-order valence-electron chi connectivity index (χ0n) is 10.9. The molecule has 5 heteroatoms. The van der Waals surface area contributed by atoms with E-state index in [9.17, 15) is 4.79 Å². The van der Waals surface area contributed by atoms with Gasteiger partial charge in [0.25, 0.3) is 0 Å². The summed E-state index contributed by atoms with van der Waals surface area (Å²) in [5, 5.41) is 3.39. The number of piperidine rings is 1. The monoisotopic (exact) mass is 259 g/mol. The van der Waals surface area contributed by atoms with Crippen molar-refractivity contribution in [3.05, 3.63) is 35.8 Å². The molecule has 0 saturated carbocycles. The Hall–Kier alpha value is -1.88. The molecular formula is C14H17N3O2. The standard InChI is InChI=1S/C14H17N3O2/c1-19-14(18)10-4-6-17-9-12(16-13(17)7-10)11-3-2-5-15-8-11/h4,6-7,9,11,15H,2-3,5,8H2,1H3. The van der Waals surface area contributed by atoms with E-state index >= 15 is 0 Å². The molecule has 0 spiro atoms. The summed E-state index contributed by atoms with van der Waals surface area (Å²) < 4.78 is 6.68. The average Bonchev–Trinajstić information content (AvgIpc) is 2.90. The van der Waals surface area contributed by atoms with E-state index in [1.807, 2.05) is 16.8 Å². The molecule has 19 heavy (non-hydrogen) atoms. The lowest BCUT2D eigenvalue weighted by atomic mass is 9.97. The molecule has 1 atom stereocenters. The number of esters is 1. The summed E-state index contributed by atoms with van der Waals surface area (Å²) >= 11 is 0. The highest BCUT2D eigenvalue weighted by atomic mass is 16.5. The average molecular weight is 259 g/mol. The maximum Gasteiger partial charge on any atom is 0.338 e. The number of hydrogen-bond donors (Lipinski definition) is 1. The number of pyridine rings is 1. The smallest absolute Gasteiger partial charge is 0.338 e. The van der Waals surface area contributed by atoms with Gasteiger partial charge in [-0.2, -0.15) is 0 Å². The normalized spacial score (nSPS) is 19.5. The largest absolute Gasteiger partial charge is 0.465 e. The lowest BCUT2D eigenvalue weighted by molar-refractivity contribution is 0.0600. The maximum atomic E-state index is 11.5. The predicted octanol–water partition coefficient (Wildman–Crippen LogP) is 1.59. The number of ether oxygens (including phenoxy) is 1. The van der Waals surface area contributed by atoms with E-state index in [0.717, 1.165) is 24.4 Å². The van der Waals surface area contributed by atoms with Crippen molar-refractivity contribution in [2.24, 2.45) is 0 Å². The molecule has 100 valence electrons. The van der Waals surface area contributed by atoms with Crippen LogP contribution in [-0.4, -0.2) is 35.6 Å². The van der Waals surface area contributed by atoms with Gasteiger partial charge in [-0.1, -0.05) is 0 Å². The van der Waals surface area contributed by atoms with Crippen LogP contribution in [0.4, 0.5) is 0 Å². The molecule has 1 unspecified atom stereocenters. The third-order valence-corrected chi connectivity index (χ3v) is 3.62. The van der Waals surface area contributed by atoms with Gasteiger partial charge < -0.3 is 14.5 Å². The summed E-state index contributed by atoms with van der Waals surface area (Å²) in [7, 11) is 1.39. The molecule has 1 saturated heterocycles. The van der Waals surface area contributed by atoms with Gasteiger partial charge >= 0.3 is 5.97 Å². The Kier molecular flexibility index (Phi) is 3.21. The topological polar surface area (TPSA) is 55.6 Å². The van der Waals surface area contributed by atoms with Crippen LogP contribution in [0.1, 0.15) is 34.8 Å². The number of methoxy groups -OCH3 is 1. The first-order valence-electron chi connectivity index (χ1n) is 6.55. The van der Waals surface area contributed by atoms with Gasteiger partial charge in [-0.3, -0.25) is 0 Å². The van der Waals surface area contributed by atoms with E-state index in [4.69, 9.17) is 4.74 Å². The SMILES string of the molecule is COC(=O)c1ccn2cc(C3CCCNC3)nc2c1. The Labute approximate surface area is 111 Å². The Morgan fingerprint density at radius 3 is 3.21 bits per heavy atom. The number of carbonyl (C=O) groups excluding carboxylic acids is 1. The molecule has 1 fully saturated rings. The van der Waals surface area contributed by atoms with Gasteiger partial charge in [-0.15, -0.1) is 0 Å². The molecule has 3 rings (SSSR count). The lowest BCUT2D eigenvalue weighted by Crippen LogP contribution is -2.28. The van der Waals surface area contributed by atoms with Crippen LogP contribution in [0.15, 0.2) is 24.5 Å². The Bertz CT molecular complexity index is 600. The van der Waals surface area contributed by atoms with Crippen LogP contribution in [0, 0.1) is 0 Å². The lowest BCUT2D eigenvalue weighted by Gasteiger charge is -2.20. The quantitative estimate of drug-likeness (QED) is 0.832. The van der Waals surface area contributed by atoms with Crippen molar-refractivity contribution in [2.75, 3.05) is 20.2 Å². The maximum absolute atomic E-state index is 11.5. The second kappa shape index (κ2) is 5.01. The predicted molar refractivity (Wildman–Crippen MR) is 71.4 cm³/mol. The summed E-state index contributed by atoms with van der Waals surface area (Å²) in [6.45, 7) is 2.07. The number of fused-ring (bicyclic) bond motifs is 1. The van der Waals surface area contributed by atoms with Crippen molar-refractivity contribution in [2.45, 2.75) is 18.8 Å². The highest BCUT2D eigenvalue weighted by molar-refractivity contribution is 5.90. The van der Waals surface area contributed by atoms with Gasteiger partial charge in [-0.05, 0) is 31.5 Å². The van der Waals surface area contributed by atoms with Gasteiger partial charge in [0.1, 0.15) is 5.65 Å². The fraction of sp³-hybridized carbons (Fsp3) is 0.429. The summed E-state index contributed by atoms with van der Waals surface area (Å²) in [6, 6.07) is 3.52. The van der Waals surface area contributed by atoms with Gasteiger partial charge in [-0.25, -0.2) is 9.78 Å². The fourth-order valence-electron chi connectivity index (χ4n) is 2.55. The fourth-order valence-corrected chi connectivity index (χ4v) is 2.55. The molecule has 0 radical (unpaired) electrons. The molecule has 0 aliphatic carbocycles. The molecule has 1 aliphatic rings. The Morgan fingerprint density at radius 1 is 1.58 bits per heavy atom. The van der Waals surface area contributed by atoms with Crippen molar-refractivity contribution < 1.29 is 9.53 Å². The summed E-state index contributed by atoms with van der Waals surface area (Å²) in [5.41, 5.74) is 2.42. The van der Waals surface area contributed by atoms with Crippen molar-refractivity contribution >= 4 is 11.6 Å². The number of rotatable bonds is 2. The minimum atomic E-state index is -0.327. The number of nitrogens with one attached hydrogen (secondary N) is 1. The van der Waals surface area contributed by atoms with Crippen LogP contribution in [0.5, 0.6) is 0 Å². The zero-order chi connectivity index (χ0) is 13.2. The van der Waals surface area contributed by atoms with E-state index in [-0.39, 0.29) is 5.97 Å². The van der Waals surface area contributed by atoms with Crippen LogP contribution in [0.2, 0.25) is 0 Å². The molecule has 2 aromatic rings. The molecular weight excluding hydrogens is 242 g/mol. The molecule has 5 nitrogen and oxygen atoms in total. The van der Waals surface area contributed by atoms with E-state index in [1.54, 1.807) is 12.1 Å². The van der Waals surface area contributed by atoms with Crippen molar-refractivity contribution in [1.82, 2.24) is 14.7 Å². The molecule has 2 aromatic heterocycles. The van der Waals surface area contributed by atoms with E-state index < -0.39 is 0 Å². The number of aromatic nitrogens is 2. The van der Waals surface area contributed by atoms with E-state index in [0.29, 0.717) is 11.5 Å². The Balaban J connectivity index is 1.93. The van der Waals surface area contributed by atoms with Crippen LogP contribution in [-0.2, 0) is 4.74 Å². The number of carbonyl (C=O) groups is 1. The van der Waals surface area contributed by atoms with Crippen LogP contribution in [0.3, 0.4) is 0 Å². The van der Waals surface area contributed by atoms with Crippen LogP contribution < -0.4 is 5.32 Å². The Morgan fingerprint density at radius 2 is 2.47 bits per heavy atom. The first-order chi connectivity index (χ1) is 9.28. The van der Waals surface area contributed by atoms with Crippen molar-refractivity contribution in [3.8, 4) is 0 Å². The van der Waals surface area contributed by atoms with Crippen LogP contribution >= 0.6 is 0 Å². The third-order valence-electron chi connectivity index (χ3n) is 3.62. The van der Waals surface area contributed by atoms with Gasteiger partial charge in [0, 0.05) is 24.9 Å². The molecule has 0 amide bonds. The second-order valence-corrected chi connectivity index (χ2v) is 4.88. The summed E-state index contributed by atoms with van der Waals surface area (Å²) in [5.74, 6) is 0.140. The molecule has 0 aromatic carbocycles. The molecule has 0 bridgehead atoms. The summed E-state index contributed by atoms with van der Waals surface area (Å²) in [4.78, 5) is 16.1. The first kappa shape index (κ1) is 12.2. The molecule has 1 aliphatic heterocycles. The summed E-state index contributed by atoms with van der Waals surface area (Å²) in [6.07, 6.45) is 6.26. The van der Waals surface area contributed by atoms with E-state index in [2.05, 4.69) is 10.3 Å². The highest BCUT2D eigenvalue weighted by Crippen LogP contribution is 2.23. The third kappa shape index (κ3) is 2.33. The van der Waals surface area contributed by atoms with Crippen molar-refractivity contribution in [3.63, 3.8) is 0 Å². The van der Waals surface area contributed by atoms with Crippen LogP contribution in [0.25, 0.3) is 5.65 Å². The molecule has 1 N–H and O–H groups in total. The minimum Gasteiger partial charge on any atom is -0.465 e. The first-order valence-corrected chi connectivity index (χ1v) is 6.55. The van der Waals surface area contributed by atoms with Crippen molar-refractivity contribution in [1.29, 1.82) is 0 Å². The zero-order valence-corrected chi connectivity index (χ0v) is 10.9. The van der Waals surface area contributed by atoms with E-state index in [1.165, 1.54) is 20.0 Å². The van der Waals surface area contributed by atoms with Gasteiger partial charge in [0.05, 0.1) is 18.4 Å². The highest BCUT2D eigenvalue weighted by Gasteiger charge is 2.18. The minimum absolute atomic E-state index is 0.327. The van der Waals surface area contributed by atoms with Gasteiger partial charge in [0.15, 0.2) is 0 Å². The number of hydrogen-bond acceptors (Lipinski definition) is 4. The number of nitrogens with zero attached hydrogens (tertiary/aromatic N) is 2. The molecule has 3 heterocycles. The van der Waals surface area contributed by atoms with Gasteiger partial charge in [0.2, 0.25) is 0 Å².